The van der Waals surface area contributed by atoms with E-state index in [1.807, 2.05) is 0 Å². The van der Waals surface area contributed by atoms with E-state index in [9.17, 15) is 9.59 Å². The van der Waals surface area contributed by atoms with Crippen LogP contribution in [0.25, 0.3) is 0 Å². The van der Waals surface area contributed by atoms with Gasteiger partial charge in [0.15, 0.2) is 0 Å². The topological polar surface area (TPSA) is 128 Å². The summed E-state index contributed by atoms with van der Waals surface area (Å²) in [5.41, 5.74) is 6.34. The van der Waals surface area contributed by atoms with Crippen molar-refractivity contribution in [1.29, 1.82) is 0 Å². The first-order valence-electron chi connectivity index (χ1n) is 12.3. The Kier molecular flexibility index (Phi) is 9.55. The van der Waals surface area contributed by atoms with E-state index in [0.717, 1.165) is 51.6 Å². The van der Waals surface area contributed by atoms with Gasteiger partial charge >= 0.3 is 6.09 Å². The molecule has 1 aliphatic carbocycles. The molecule has 0 radical (unpaired) electrons. The molecule has 188 valence electrons. The molecular formula is C24H41N3O6. The molecule has 9 nitrogen and oxygen atoms in total. The number of hydrogen-bond donors (Lipinski definition) is 3. The van der Waals surface area contributed by atoms with E-state index >= 15 is 0 Å². The highest BCUT2D eigenvalue weighted by atomic mass is 16.6. The quantitative estimate of drug-likeness (QED) is 0.215. The van der Waals surface area contributed by atoms with Crippen molar-refractivity contribution in [3.8, 4) is 0 Å². The molecule has 0 aromatic heterocycles. The molecule has 0 bridgehead atoms. The van der Waals surface area contributed by atoms with Crippen LogP contribution in [-0.2, 0) is 23.7 Å². The molecule has 2 saturated heterocycles. The number of rotatable bonds is 13. The Hall–Kier alpha value is -1.68. The summed E-state index contributed by atoms with van der Waals surface area (Å²) in [6.45, 7) is 6.13. The second-order valence-corrected chi connectivity index (χ2v) is 9.61. The van der Waals surface area contributed by atoms with E-state index in [1.165, 1.54) is 5.57 Å². The number of alkyl carbamates (subject to hydrolysis) is 1. The third-order valence-electron chi connectivity index (χ3n) is 6.84. The van der Waals surface area contributed by atoms with Crippen molar-refractivity contribution >= 4 is 12.0 Å². The van der Waals surface area contributed by atoms with Crippen molar-refractivity contribution in [2.45, 2.75) is 88.8 Å². The molecule has 3 unspecified atom stereocenters. The first kappa shape index (κ1) is 25.9. The second kappa shape index (κ2) is 12.1. The summed E-state index contributed by atoms with van der Waals surface area (Å²) in [6.07, 6.45) is 7.69. The van der Waals surface area contributed by atoms with Crippen LogP contribution in [0, 0.1) is 5.92 Å². The number of amides is 2. The first-order valence-corrected chi connectivity index (χ1v) is 12.3. The summed E-state index contributed by atoms with van der Waals surface area (Å²) in [4.78, 5) is 23.5. The minimum Gasteiger partial charge on any atom is -0.443 e. The van der Waals surface area contributed by atoms with Crippen LogP contribution in [0.1, 0.15) is 58.8 Å². The van der Waals surface area contributed by atoms with Crippen molar-refractivity contribution in [2.75, 3.05) is 33.4 Å². The number of epoxide rings is 2. The molecule has 6 atom stereocenters. The van der Waals surface area contributed by atoms with Gasteiger partial charge in [0.25, 0.3) is 0 Å². The number of hydrogen-bond acceptors (Lipinski definition) is 7. The standard InChI is InChI=1S/C24H41N3O6/c1-16(2)8-9-17-22(32-17)20-21(30-3)18(10-11-24(20)15-31-24)33-23(29)27-13-7-5-4-6-12-26-19(28)14-25/h8,17-18,20-22H,4-7,9-15,25H2,1-3H3,(H,26,28)(H,27,29)/t17-,18?,20?,21?,22-,24+/m1/s1. The fraction of sp³-hybridized carbons (Fsp3) is 0.833. The number of carbonyl (C=O) groups is 2. The number of methoxy groups -OCH3 is 1. The summed E-state index contributed by atoms with van der Waals surface area (Å²) >= 11 is 0. The Morgan fingerprint density at radius 1 is 1.15 bits per heavy atom. The lowest BCUT2D eigenvalue weighted by Gasteiger charge is -2.40. The SMILES string of the molecule is COC1C(OC(=O)NCCCCCCNC(=O)CN)CC[C@]2(CO2)C1[C@@H]1O[C@@H]1CC=C(C)C. The molecule has 2 aliphatic heterocycles. The van der Waals surface area contributed by atoms with E-state index in [0.29, 0.717) is 13.1 Å². The van der Waals surface area contributed by atoms with Crippen LogP contribution in [0.15, 0.2) is 11.6 Å². The highest BCUT2D eigenvalue weighted by Crippen LogP contribution is 2.54. The average molecular weight is 468 g/mol. The van der Waals surface area contributed by atoms with Crippen LogP contribution >= 0.6 is 0 Å². The van der Waals surface area contributed by atoms with Crippen LogP contribution < -0.4 is 16.4 Å². The molecule has 1 saturated carbocycles. The number of carbonyl (C=O) groups excluding carboxylic acids is 2. The van der Waals surface area contributed by atoms with Crippen molar-refractivity contribution in [1.82, 2.24) is 10.6 Å². The molecule has 2 heterocycles. The second-order valence-electron chi connectivity index (χ2n) is 9.61. The number of unbranched alkanes of at least 4 members (excludes halogenated alkanes) is 3. The lowest BCUT2D eigenvalue weighted by molar-refractivity contribution is -0.119. The van der Waals surface area contributed by atoms with Gasteiger partial charge in [-0.2, -0.15) is 0 Å². The van der Waals surface area contributed by atoms with Gasteiger partial charge in [0.05, 0.1) is 31.0 Å². The maximum Gasteiger partial charge on any atom is 0.407 e. The maximum absolute atomic E-state index is 12.4. The fourth-order valence-corrected chi connectivity index (χ4v) is 4.88. The van der Waals surface area contributed by atoms with Gasteiger partial charge in [0.1, 0.15) is 12.2 Å². The lowest BCUT2D eigenvalue weighted by Crippen LogP contribution is -2.53. The molecule has 0 aromatic carbocycles. The zero-order valence-corrected chi connectivity index (χ0v) is 20.3. The number of nitrogens with one attached hydrogen (secondary N) is 2. The predicted octanol–water partition coefficient (Wildman–Crippen LogP) is 2.03. The fourth-order valence-electron chi connectivity index (χ4n) is 4.88. The van der Waals surface area contributed by atoms with Crippen molar-refractivity contribution in [3.63, 3.8) is 0 Å². The van der Waals surface area contributed by atoms with Gasteiger partial charge in [-0.3, -0.25) is 4.79 Å². The zero-order valence-electron chi connectivity index (χ0n) is 20.3. The Morgan fingerprint density at radius 3 is 2.45 bits per heavy atom. The smallest absolute Gasteiger partial charge is 0.407 e. The maximum atomic E-state index is 12.4. The third kappa shape index (κ3) is 7.40. The van der Waals surface area contributed by atoms with E-state index in [4.69, 9.17) is 24.7 Å². The predicted molar refractivity (Wildman–Crippen MR) is 124 cm³/mol. The average Bonchev–Trinajstić information content (AvgIpc) is 3.72. The van der Waals surface area contributed by atoms with Gasteiger partial charge in [-0.05, 0) is 46.0 Å². The summed E-state index contributed by atoms with van der Waals surface area (Å²) in [7, 11) is 1.68. The minimum atomic E-state index is -0.401. The normalized spacial score (nSPS) is 32.2. The molecule has 3 aliphatic rings. The summed E-state index contributed by atoms with van der Waals surface area (Å²) < 4.78 is 23.5. The highest BCUT2D eigenvalue weighted by molar-refractivity contribution is 5.77. The molecule has 0 aromatic rings. The molecule has 3 rings (SSSR count). The Balaban J connectivity index is 1.38. The third-order valence-corrected chi connectivity index (χ3v) is 6.84. The largest absolute Gasteiger partial charge is 0.443 e. The van der Waals surface area contributed by atoms with E-state index in [-0.39, 0.29) is 48.4 Å². The molecule has 9 heteroatoms. The van der Waals surface area contributed by atoms with Crippen LogP contribution in [0.5, 0.6) is 0 Å². The van der Waals surface area contributed by atoms with E-state index in [2.05, 4.69) is 30.6 Å². The Morgan fingerprint density at radius 2 is 1.85 bits per heavy atom. The molecule has 3 fully saturated rings. The Bertz CT molecular complexity index is 692. The van der Waals surface area contributed by atoms with Crippen LogP contribution in [-0.4, -0.2) is 75.4 Å². The minimum absolute atomic E-state index is 0.0237. The monoisotopic (exact) mass is 467 g/mol. The number of nitrogens with two attached hydrogens (primary N) is 1. The number of allylic oxidation sites excluding steroid dienone is 1. The highest BCUT2D eigenvalue weighted by Gasteiger charge is 2.66. The van der Waals surface area contributed by atoms with Gasteiger partial charge in [-0.25, -0.2) is 4.79 Å². The zero-order chi connectivity index (χ0) is 23.8. The van der Waals surface area contributed by atoms with Gasteiger partial charge in [-0.15, -0.1) is 0 Å². The van der Waals surface area contributed by atoms with Crippen LogP contribution in [0.4, 0.5) is 4.79 Å². The summed E-state index contributed by atoms with van der Waals surface area (Å²) in [5, 5.41) is 5.61. The van der Waals surface area contributed by atoms with Gasteiger partial charge in [0.2, 0.25) is 5.91 Å². The number of ether oxygens (including phenoxy) is 4. The summed E-state index contributed by atoms with van der Waals surface area (Å²) in [5.74, 6) is -0.0565. The molecule has 4 N–H and O–H groups in total. The van der Waals surface area contributed by atoms with E-state index in [1.54, 1.807) is 7.11 Å². The van der Waals surface area contributed by atoms with Crippen LogP contribution in [0.3, 0.4) is 0 Å². The molecule has 2 amide bonds. The van der Waals surface area contributed by atoms with Gasteiger partial charge in [0, 0.05) is 26.1 Å². The Labute approximate surface area is 197 Å². The molecule has 1 spiro atoms. The van der Waals surface area contributed by atoms with Crippen LogP contribution in [0.2, 0.25) is 0 Å². The van der Waals surface area contributed by atoms with Crippen molar-refractivity contribution < 1.29 is 28.5 Å². The van der Waals surface area contributed by atoms with Crippen molar-refractivity contribution in [3.05, 3.63) is 11.6 Å². The van der Waals surface area contributed by atoms with Crippen molar-refractivity contribution in [2.24, 2.45) is 11.7 Å². The molecule has 33 heavy (non-hydrogen) atoms. The van der Waals surface area contributed by atoms with Gasteiger partial charge in [-0.1, -0.05) is 24.5 Å². The lowest BCUT2D eigenvalue weighted by atomic mass is 9.73. The van der Waals surface area contributed by atoms with E-state index < -0.39 is 6.09 Å². The first-order chi connectivity index (χ1) is 15.9. The van der Waals surface area contributed by atoms with Gasteiger partial charge < -0.3 is 35.3 Å². The molecular weight excluding hydrogens is 426 g/mol. The summed E-state index contributed by atoms with van der Waals surface area (Å²) in [6, 6.07) is 0.